The van der Waals surface area contributed by atoms with Crippen LogP contribution in [0.5, 0.6) is 23.5 Å². The molecule has 4 aromatic carbocycles. The quantitative estimate of drug-likeness (QED) is 0.0746. The summed E-state index contributed by atoms with van der Waals surface area (Å²) in [7, 11) is 0. The Labute approximate surface area is 359 Å². The third-order valence-electron chi connectivity index (χ3n) is 10.8. The standard InChI is InChI=1S/C47H40N6O10/c1-28(54)48(38-25-44(60)52(46(38)62)36-15-7-32(8-16-36)23-30-3-11-34(12-4-30)50-40(56)19-20-41(50)57)27-49(29(2)55)39-26-45(61)53(47(39)63)37-17-9-33(10-18-37)24-31-5-13-35(14-6-31)51-42(58)21-22-43(51)59/h3-22,25-26,28,54,60-63H,23-24,27H2,1-2H3. The molecular weight excluding hydrogens is 809 g/mol. The van der Waals surface area contributed by atoms with Crippen LogP contribution in [-0.2, 0) is 36.8 Å². The number of aromatic hydroxyl groups is 4. The zero-order valence-corrected chi connectivity index (χ0v) is 33.9. The SMILES string of the molecule is CC(=O)N(CN(c1cc(O)n(-c2ccc(Cc3ccc(N4C(=O)C=CC4=O)cc3)cc2)c1O)C(C)O)c1cc(O)n(-c2ccc(Cc3ccc(N4C(=O)C=CC4=O)cc3)cc2)c1O. The fourth-order valence-corrected chi connectivity index (χ4v) is 7.59. The fourth-order valence-electron chi connectivity index (χ4n) is 7.59. The van der Waals surface area contributed by atoms with E-state index in [4.69, 9.17) is 0 Å². The van der Waals surface area contributed by atoms with Gasteiger partial charge in [-0.2, -0.15) is 0 Å². The highest BCUT2D eigenvalue weighted by Gasteiger charge is 2.30. The van der Waals surface area contributed by atoms with E-state index in [2.05, 4.69) is 0 Å². The normalized spacial score (nSPS) is 14.0. The number of rotatable bonds is 13. The number of benzene rings is 4. The van der Waals surface area contributed by atoms with Crippen molar-refractivity contribution in [1.29, 1.82) is 0 Å². The lowest BCUT2D eigenvalue weighted by Crippen LogP contribution is -2.45. The Bertz CT molecular complexity index is 2800. The van der Waals surface area contributed by atoms with Gasteiger partial charge in [0.15, 0.2) is 0 Å². The van der Waals surface area contributed by atoms with Crippen LogP contribution in [0.2, 0.25) is 0 Å². The van der Waals surface area contributed by atoms with Gasteiger partial charge in [-0.3, -0.25) is 28.9 Å². The van der Waals surface area contributed by atoms with Gasteiger partial charge in [0, 0.05) is 43.4 Å². The van der Waals surface area contributed by atoms with E-state index in [-0.39, 0.29) is 23.1 Å². The first kappa shape index (κ1) is 41.4. The number of hydrogen-bond donors (Lipinski definition) is 5. The molecule has 8 rings (SSSR count). The number of nitrogens with zero attached hydrogens (tertiary/aromatic N) is 6. The average Bonchev–Trinajstić information content (AvgIpc) is 3.96. The second-order valence-electron chi connectivity index (χ2n) is 15.0. The molecule has 0 bridgehead atoms. The summed E-state index contributed by atoms with van der Waals surface area (Å²) < 4.78 is 2.30. The fraction of sp³-hybridized carbons (Fsp3) is 0.128. The molecule has 0 fully saturated rings. The third kappa shape index (κ3) is 8.01. The van der Waals surface area contributed by atoms with E-state index >= 15 is 0 Å². The Hall–Kier alpha value is -8.37. The number of amides is 5. The summed E-state index contributed by atoms with van der Waals surface area (Å²) in [5.74, 6) is -3.87. The highest BCUT2D eigenvalue weighted by atomic mass is 16.3. The molecular formula is C47H40N6O10. The number of aliphatic hydroxyl groups is 1. The number of aliphatic hydroxyl groups excluding tert-OH is 1. The monoisotopic (exact) mass is 848 g/mol. The van der Waals surface area contributed by atoms with E-state index in [0.29, 0.717) is 35.6 Å². The molecule has 2 aliphatic heterocycles. The number of hydrogen-bond acceptors (Lipinski definition) is 11. The summed E-state index contributed by atoms with van der Waals surface area (Å²) in [5, 5.41) is 56.0. The predicted octanol–water partition coefficient (Wildman–Crippen LogP) is 5.29. The molecule has 4 heterocycles. The Kier molecular flexibility index (Phi) is 10.9. The van der Waals surface area contributed by atoms with Gasteiger partial charge in [0.2, 0.25) is 29.4 Å². The molecule has 1 unspecified atom stereocenters. The molecule has 16 nitrogen and oxygen atoms in total. The largest absolute Gasteiger partial charge is 0.494 e. The average molecular weight is 849 g/mol. The van der Waals surface area contributed by atoms with Gasteiger partial charge >= 0.3 is 0 Å². The zero-order chi connectivity index (χ0) is 44.7. The van der Waals surface area contributed by atoms with Crippen molar-refractivity contribution in [3.05, 3.63) is 156 Å². The summed E-state index contributed by atoms with van der Waals surface area (Å²) in [6.45, 7) is 2.21. The third-order valence-corrected chi connectivity index (χ3v) is 10.8. The molecule has 16 heteroatoms. The van der Waals surface area contributed by atoms with Crippen LogP contribution >= 0.6 is 0 Å². The van der Waals surface area contributed by atoms with Crippen molar-refractivity contribution >= 4 is 52.3 Å². The lowest BCUT2D eigenvalue weighted by Gasteiger charge is -2.32. The molecule has 1 atom stereocenters. The van der Waals surface area contributed by atoms with Gasteiger partial charge in [0.1, 0.15) is 24.3 Å². The number of anilines is 4. The van der Waals surface area contributed by atoms with Crippen molar-refractivity contribution in [2.75, 3.05) is 26.3 Å². The molecule has 0 spiro atoms. The molecule has 5 N–H and O–H groups in total. The minimum Gasteiger partial charge on any atom is -0.494 e. The van der Waals surface area contributed by atoms with E-state index in [9.17, 15) is 49.5 Å². The van der Waals surface area contributed by atoms with Gasteiger partial charge in [-0.1, -0.05) is 48.5 Å². The maximum atomic E-state index is 13.2. The molecule has 6 aromatic rings. The van der Waals surface area contributed by atoms with Crippen LogP contribution in [0.25, 0.3) is 11.4 Å². The second kappa shape index (κ2) is 16.6. The van der Waals surface area contributed by atoms with Crippen molar-refractivity contribution < 1.29 is 49.5 Å². The molecule has 0 aliphatic carbocycles. The summed E-state index contributed by atoms with van der Waals surface area (Å²) in [5.41, 5.74) is 5.15. The van der Waals surface area contributed by atoms with Crippen LogP contribution in [0, 0.1) is 0 Å². The van der Waals surface area contributed by atoms with Gasteiger partial charge in [0.25, 0.3) is 23.6 Å². The van der Waals surface area contributed by atoms with Crippen molar-refractivity contribution in [3.8, 4) is 34.9 Å². The van der Waals surface area contributed by atoms with Crippen LogP contribution in [0.15, 0.2) is 133 Å². The van der Waals surface area contributed by atoms with E-state index in [0.717, 1.165) is 46.1 Å². The molecule has 2 aliphatic rings. The van der Waals surface area contributed by atoms with Crippen LogP contribution in [0.4, 0.5) is 22.7 Å². The smallest absolute Gasteiger partial charge is 0.258 e. The molecule has 2 aromatic heterocycles. The molecule has 5 amide bonds. The highest BCUT2D eigenvalue weighted by molar-refractivity contribution is 6.28. The first-order chi connectivity index (χ1) is 30.2. The van der Waals surface area contributed by atoms with E-state index in [1.165, 1.54) is 55.2 Å². The molecule has 318 valence electrons. The minimum absolute atomic E-state index is 0.0357. The van der Waals surface area contributed by atoms with Crippen LogP contribution in [-0.4, -0.2) is 77.1 Å². The molecule has 0 radical (unpaired) electrons. The van der Waals surface area contributed by atoms with Gasteiger partial charge in [-0.15, -0.1) is 0 Å². The molecule has 0 saturated carbocycles. The number of carbonyl (C=O) groups is 5. The lowest BCUT2D eigenvalue weighted by atomic mass is 10.0. The Morgan fingerprint density at radius 3 is 1.17 bits per heavy atom. The van der Waals surface area contributed by atoms with Crippen molar-refractivity contribution in [2.45, 2.75) is 32.9 Å². The Balaban J connectivity index is 0.968. The van der Waals surface area contributed by atoms with E-state index < -0.39 is 54.2 Å². The van der Waals surface area contributed by atoms with Crippen LogP contribution in [0.3, 0.4) is 0 Å². The van der Waals surface area contributed by atoms with Crippen LogP contribution < -0.4 is 19.6 Å². The molecule has 0 saturated heterocycles. The first-order valence-electron chi connectivity index (χ1n) is 19.7. The maximum Gasteiger partial charge on any atom is 0.258 e. The number of carbonyl (C=O) groups excluding carboxylic acids is 5. The van der Waals surface area contributed by atoms with Crippen molar-refractivity contribution in [3.63, 3.8) is 0 Å². The van der Waals surface area contributed by atoms with E-state index in [1.54, 1.807) is 72.8 Å². The summed E-state index contributed by atoms with van der Waals surface area (Å²) in [4.78, 5) is 65.8. The van der Waals surface area contributed by atoms with Crippen LogP contribution in [0.1, 0.15) is 36.1 Å². The summed E-state index contributed by atoms with van der Waals surface area (Å²) in [6, 6.07) is 30.4. The highest BCUT2D eigenvalue weighted by Crippen LogP contribution is 2.42. The van der Waals surface area contributed by atoms with Gasteiger partial charge < -0.3 is 30.4 Å². The van der Waals surface area contributed by atoms with Gasteiger partial charge in [-0.05, 0) is 90.6 Å². The molecule has 63 heavy (non-hydrogen) atoms. The summed E-state index contributed by atoms with van der Waals surface area (Å²) in [6.07, 6.45) is 4.57. The zero-order valence-electron chi connectivity index (χ0n) is 33.9. The number of aromatic nitrogens is 2. The van der Waals surface area contributed by atoms with Gasteiger partial charge in [-0.25, -0.2) is 18.9 Å². The second-order valence-corrected chi connectivity index (χ2v) is 15.0. The topological polar surface area (TPSA) is 209 Å². The van der Waals surface area contributed by atoms with Crippen molar-refractivity contribution in [1.82, 2.24) is 9.13 Å². The number of imide groups is 2. The minimum atomic E-state index is -1.33. The van der Waals surface area contributed by atoms with Gasteiger partial charge in [0.05, 0.1) is 22.7 Å². The Morgan fingerprint density at radius 1 is 0.524 bits per heavy atom. The van der Waals surface area contributed by atoms with E-state index in [1.807, 2.05) is 24.3 Å². The first-order valence-corrected chi connectivity index (χ1v) is 19.7. The lowest BCUT2D eigenvalue weighted by molar-refractivity contribution is -0.121. The maximum absolute atomic E-state index is 13.2. The van der Waals surface area contributed by atoms with Crippen molar-refractivity contribution in [2.24, 2.45) is 0 Å². The Morgan fingerprint density at radius 2 is 0.841 bits per heavy atom. The summed E-state index contributed by atoms with van der Waals surface area (Å²) >= 11 is 0. The predicted molar refractivity (Wildman–Crippen MR) is 232 cm³/mol.